The summed E-state index contributed by atoms with van der Waals surface area (Å²) in [5.74, 6) is -0.947. The fraction of sp³-hybridized carbons (Fsp3) is 0.261. The molecular formula is C23H17F3N6O2. The van der Waals surface area contributed by atoms with Gasteiger partial charge in [0.1, 0.15) is 0 Å². The third-order valence-electron chi connectivity index (χ3n) is 6.44. The molecule has 1 aliphatic heterocycles. The number of amides is 3. The van der Waals surface area contributed by atoms with E-state index in [1.165, 1.54) is 12.3 Å². The summed E-state index contributed by atoms with van der Waals surface area (Å²) in [6.45, 7) is 0.140. The number of benzene rings is 1. The van der Waals surface area contributed by atoms with E-state index in [9.17, 15) is 22.8 Å². The second-order valence-electron chi connectivity index (χ2n) is 8.56. The van der Waals surface area contributed by atoms with Crippen LogP contribution in [0.1, 0.15) is 46.6 Å². The number of aromatic nitrogens is 4. The maximum Gasteiger partial charge on any atom is 0.418 e. The third-order valence-corrected chi connectivity index (χ3v) is 6.44. The lowest BCUT2D eigenvalue weighted by atomic mass is 9.99. The quantitative estimate of drug-likeness (QED) is 0.481. The molecule has 1 unspecified atom stereocenters. The van der Waals surface area contributed by atoms with Gasteiger partial charge in [-0.05, 0) is 42.0 Å². The summed E-state index contributed by atoms with van der Waals surface area (Å²) in [7, 11) is 0. The van der Waals surface area contributed by atoms with Crippen LogP contribution in [0, 0.1) is 0 Å². The average molecular weight is 466 g/mol. The molecule has 4 heterocycles. The van der Waals surface area contributed by atoms with Gasteiger partial charge in [0.2, 0.25) is 5.91 Å². The molecule has 1 saturated heterocycles. The van der Waals surface area contributed by atoms with Crippen molar-refractivity contribution in [1.29, 1.82) is 0 Å². The molecule has 1 aromatic carbocycles. The second kappa shape index (κ2) is 7.24. The van der Waals surface area contributed by atoms with Crippen LogP contribution in [0.4, 0.5) is 18.0 Å². The molecule has 3 atom stereocenters. The molecule has 11 heteroatoms. The highest BCUT2D eigenvalue weighted by atomic mass is 19.4. The van der Waals surface area contributed by atoms with Crippen molar-refractivity contribution in [2.24, 2.45) is 0 Å². The monoisotopic (exact) mass is 466 g/mol. The SMILES string of the molecule is O=C1NCC(c2cc([C@H]3C[C@@H]3c3cnc4c(C(F)(F)F)cccc4c3)c3nccn3n2)C(=O)N1. The van der Waals surface area contributed by atoms with Crippen LogP contribution in [0.3, 0.4) is 0 Å². The summed E-state index contributed by atoms with van der Waals surface area (Å²) >= 11 is 0. The van der Waals surface area contributed by atoms with E-state index < -0.39 is 29.6 Å². The Labute approximate surface area is 190 Å². The highest BCUT2D eigenvalue weighted by molar-refractivity contribution is 6.00. The van der Waals surface area contributed by atoms with Gasteiger partial charge in [-0.2, -0.15) is 18.3 Å². The van der Waals surface area contributed by atoms with E-state index in [1.54, 1.807) is 29.0 Å². The number of pyridine rings is 1. The summed E-state index contributed by atoms with van der Waals surface area (Å²) in [5, 5.41) is 9.81. The van der Waals surface area contributed by atoms with Crippen molar-refractivity contribution < 1.29 is 22.8 Å². The Morgan fingerprint density at radius 3 is 2.74 bits per heavy atom. The molecule has 2 N–H and O–H groups in total. The number of alkyl halides is 3. The zero-order valence-corrected chi connectivity index (χ0v) is 17.5. The molecule has 1 aliphatic carbocycles. The maximum atomic E-state index is 13.3. The summed E-state index contributed by atoms with van der Waals surface area (Å²) in [4.78, 5) is 32.3. The first kappa shape index (κ1) is 20.6. The number of para-hydroxylation sites is 1. The highest BCUT2D eigenvalue weighted by Crippen LogP contribution is 2.55. The van der Waals surface area contributed by atoms with Gasteiger partial charge in [-0.3, -0.25) is 15.1 Å². The van der Waals surface area contributed by atoms with Gasteiger partial charge in [0.05, 0.1) is 22.7 Å². The van der Waals surface area contributed by atoms with Gasteiger partial charge >= 0.3 is 12.2 Å². The smallest absolute Gasteiger partial charge is 0.337 e. The minimum Gasteiger partial charge on any atom is -0.337 e. The van der Waals surface area contributed by atoms with Crippen molar-refractivity contribution in [3.8, 4) is 0 Å². The Morgan fingerprint density at radius 2 is 1.94 bits per heavy atom. The Hall–Kier alpha value is -4.02. The average Bonchev–Trinajstić information content (AvgIpc) is 3.45. The van der Waals surface area contributed by atoms with Crippen molar-refractivity contribution in [3.63, 3.8) is 0 Å². The molecule has 3 aromatic heterocycles. The molecule has 8 nitrogen and oxygen atoms in total. The summed E-state index contributed by atoms with van der Waals surface area (Å²) in [6, 6.07) is 7.11. The lowest BCUT2D eigenvalue weighted by Gasteiger charge is -2.22. The van der Waals surface area contributed by atoms with Crippen molar-refractivity contribution in [3.05, 3.63) is 71.3 Å². The van der Waals surface area contributed by atoms with Crippen molar-refractivity contribution >= 4 is 28.5 Å². The minimum atomic E-state index is -4.47. The van der Waals surface area contributed by atoms with Gasteiger partial charge in [0.15, 0.2) is 5.65 Å². The molecule has 3 amide bonds. The number of hydrogen-bond acceptors (Lipinski definition) is 5. The first-order valence-corrected chi connectivity index (χ1v) is 10.7. The number of halogens is 3. The number of rotatable bonds is 3. The van der Waals surface area contributed by atoms with Gasteiger partial charge in [0, 0.05) is 36.1 Å². The van der Waals surface area contributed by atoms with Crippen LogP contribution < -0.4 is 10.6 Å². The topological polar surface area (TPSA) is 101 Å². The van der Waals surface area contributed by atoms with Crippen LogP contribution >= 0.6 is 0 Å². The highest BCUT2D eigenvalue weighted by Gasteiger charge is 2.43. The Balaban J connectivity index is 1.35. The van der Waals surface area contributed by atoms with Gasteiger partial charge < -0.3 is 5.32 Å². The molecule has 0 radical (unpaired) electrons. The van der Waals surface area contributed by atoms with Crippen LogP contribution in [0.5, 0.6) is 0 Å². The number of imide groups is 1. The molecule has 4 aromatic rings. The lowest BCUT2D eigenvalue weighted by molar-refractivity contribution is -0.136. The van der Waals surface area contributed by atoms with Crippen molar-refractivity contribution in [2.45, 2.75) is 30.4 Å². The Bertz CT molecular complexity index is 1480. The van der Waals surface area contributed by atoms with Crippen LogP contribution in [-0.4, -0.2) is 38.1 Å². The molecule has 1 saturated carbocycles. The number of hydrogen-bond donors (Lipinski definition) is 2. The fourth-order valence-corrected chi connectivity index (χ4v) is 4.69. The molecular weight excluding hydrogens is 449 g/mol. The number of nitrogens with one attached hydrogen (secondary N) is 2. The van der Waals surface area contributed by atoms with Crippen molar-refractivity contribution in [1.82, 2.24) is 30.2 Å². The number of urea groups is 1. The lowest BCUT2D eigenvalue weighted by Crippen LogP contribution is -2.51. The minimum absolute atomic E-state index is 0.0536. The number of fused-ring (bicyclic) bond motifs is 2. The Kier molecular flexibility index (Phi) is 4.38. The van der Waals surface area contributed by atoms with Crippen LogP contribution in [0.15, 0.2) is 48.9 Å². The number of imidazole rings is 1. The van der Waals surface area contributed by atoms with E-state index in [0.717, 1.165) is 23.6 Å². The first-order valence-electron chi connectivity index (χ1n) is 10.7. The number of carbonyl (C=O) groups excluding carboxylic acids is 2. The predicted molar refractivity (Wildman–Crippen MR) is 114 cm³/mol. The van der Waals surface area contributed by atoms with E-state index in [0.29, 0.717) is 16.7 Å². The number of carbonyl (C=O) groups is 2. The van der Waals surface area contributed by atoms with Gasteiger partial charge in [-0.15, -0.1) is 0 Å². The van der Waals surface area contributed by atoms with Gasteiger partial charge in [-0.1, -0.05) is 12.1 Å². The van der Waals surface area contributed by atoms with E-state index in [1.807, 2.05) is 6.07 Å². The van der Waals surface area contributed by atoms with Gasteiger partial charge in [-0.25, -0.2) is 14.3 Å². The van der Waals surface area contributed by atoms with E-state index in [-0.39, 0.29) is 23.9 Å². The molecule has 0 spiro atoms. The van der Waals surface area contributed by atoms with Crippen LogP contribution in [0.2, 0.25) is 0 Å². The largest absolute Gasteiger partial charge is 0.418 e. The zero-order valence-electron chi connectivity index (χ0n) is 17.5. The molecule has 2 fully saturated rings. The second-order valence-corrected chi connectivity index (χ2v) is 8.56. The third kappa shape index (κ3) is 3.35. The standard InChI is InChI=1S/C23H17F3N6O2/c24-23(25,26)17-3-1-2-11-6-12(9-28-19(11)17)13-7-14(13)15-8-18(31-32-5-4-27-20(15)32)16-10-29-22(34)30-21(16)33/h1-6,8-9,13-14,16H,7,10H2,(H2,29,30,33,34)/t13-,14+,16?/m1/s1. The Morgan fingerprint density at radius 1 is 1.09 bits per heavy atom. The molecule has 0 bridgehead atoms. The molecule has 2 aliphatic rings. The van der Waals surface area contributed by atoms with E-state index >= 15 is 0 Å². The fourth-order valence-electron chi connectivity index (χ4n) is 4.69. The summed E-state index contributed by atoms with van der Waals surface area (Å²) < 4.78 is 41.6. The van der Waals surface area contributed by atoms with Crippen molar-refractivity contribution in [2.75, 3.05) is 6.54 Å². The molecule has 172 valence electrons. The predicted octanol–water partition coefficient (Wildman–Crippen LogP) is 3.49. The molecule has 6 rings (SSSR count). The normalized spacial score (nSPS) is 22.6. The summed E-state index contributed by atoms with van der Waals surface area (Å²) in [6.07, 6.45) is 1.12. The van der Waals surface area contributed by atoms with Crippen LogP contribution in [0.25, 0.3) is 16.6 Å². The van der Waals surface area contributed by atoms with Gasteiger partial charge in [0.25, 0.3) is 0 Å². The summed E-state index contributed by atoms with van der Waals surface area (Å²) in [5.41, 5.74) is 2.10. The van der Waals surface area contributed by atoms with E-state index in [4.69, 9.17) is 0 Å². The number of nitrogens with zero attached hydrogens (tertiary/aromatic N) is 4. The van der Waals surface area contributed by atoms with E-state index in [2.05, 4.69) is 25.7 Å². The van der Waals surface area contributed by atoms with Crippen LogP contribution in [-0.2, 0) is 11.0 Å². The first-order chi connectivity index (χ1) is 16.3. The zero-order chi connectivity index (χ0) is 23.6. The maximum absolute atomic E-state index is 13.3. The molecule has 34 heavy (non-hydrogen) atoms.